The zero-order valence-electron chi connectivity index (χ0n) is 11.5. The quantitative estimate of drug-likeness (QED) is 0.926. The van der Waals surface area contributed by atoms with Crippen LogP contribution in [0.15, 0.2) is 29.2 Å². The highest BCUT2D eigenvalue weighted by atomic mass is 32.2. The lowest BCUT2D eigenvalue weighted by molar-refractivity contribution is 0.235. The summed E-state index contributed by atoms with van der Waals surface area (Å²) in [5.74, 6) is -3.40. The molecule has 0 saturated carbocycles. The van der Waals surface area contributed by atoms with Crippen LogP contribution in [0.5, 0.6) is 0 Å². The van der Waals surface area contributed by atoms with E-state index >= 15 is 0 Å². The first-order valence-corrected chi connectivity index (χ1v) is 8.66. The second-order valence-corrected chi connectivity index (χ2v) is 7.47. The van der Waals surface area contributed by atoms with Gasteiger partial charge in [-0.05, 0) is 37.9 Å². The molecule has 1 aromatic rings. The average Bonchev–Trinajstić information content (AvgIpc) is 3.04. The Morgan fingerprint density at radius 1 is 1.19 bits per heavy atom. The van der Waals surface area contributed by atoms with Crippen molar-refractivity contribution in [3.05, 3.63) is 24.3 Å². The maximum atomic E-state index is 12.8. The Balaban J connectivity index is 1.87. The summed E-state index contributed by atoms with van der Waals surface area (Å²) in [6, 6.07) is 6.44. The zero-order valence-corrected chi connectivity index (χ0v) is 12.3. The molecule has 0 aromatic heterocycles. The van der Waals surface area contributed by atoms with Crippen LogP contribution in [-0.4, -0.2) is 44.2 Å². The summed E-state index contributed by atoms with van der Waals surface area (Å²) in [4.78, 5) is 2.07. The Hall–Kier alpha value is -1.21. The Morgan fingerprint density at radius 3 is 2.71 bits per heavy atom. The van der Waals surface area contributed by atoms with E-state index in [-0.39, 0.29) is 16.6 Å². The molecule has 116 valence electrons. The largest absolute Gasteiger partial charge is 0.380 e. The highest BCUT2D eigenvalue weighted by Crippen LogP contribution is 2.33. The molecule has 3 rings (SSSR count). The number of hydrogen-bond donors (Lipinski definition) is 1. The second-order valence-electron chi connectivity index (χ2n) is 5.59. The van der Waals surface area contributed by atoms with Crippen LogP contribution in [0.3, 0.4) is 0 Å². The van der Waals surface area contributed by atoms with E-state index < -0.39 is 15.6 Å². The number of rotatable bonds is 4. The summed E-state index contributed by atoms with van der Waals surface area (Å²) in [5.41, 5.74) is 0.288. The molecular formula is C14H18F2N2O2S. The van der Waals surface area contributed by atoms with E-state index in [1.807, 2.05) is 0 Å². The number of para-hydroxylation sites is 1. The first kappa shape index (κ1) is 14.7. The van der Waals surface area contributed by atoms with Crippen molar-refractivity contribution in [3.63, 3.8) is 0 Å². The summed E-state index contributed by atoms with van der Waals surface area (Å²) in [6.07, 6.45) is 3.12. The number of sulfone groups is 1. The number of hydrogen-bond acceptors (Lipinski definition) is 4. The molecule has 2 aliphatic heterocycles. The molecule has 0 bridgehead atoms. The van der Waals surface area contributed by atoms with E-state index in [4.69, 9.17) is 0 Å². The Kier molecular flexibility index (Phi) is 3.88. The van der Waals surface area contributed by atoms with E-state index in [9.17, 15) is 17.2 Å². The van der Waals surface area contributed by atoms with Gasteiger partial charge in [-0.2, -0.15) is 8.78 Å². The molecule has 4 nitrogen and oxygen atoms in total. The minimum atomic E-state index is -4.58. The van der Waals surface area contributed by atoms with Gasteiger partial charge in [0.15, 0.2) is 0 Å². The molecule has 2 saturated heterocycles. The van der Waals surface area contributed by atoms with Crippen LogP contribution >= 0.6 is 0 Å². The second kappa shape index (κ2) is 5.53. The van der Waals surface area contributed by atoms with Crippen LogP contribution in [0.25, 0.3) is 0 Å². The lowest BCUT2D eigenvalue weighted by Crippen LogP contribution is -2.34. The van der Waals surface area contributed by atoms with Crippen LogP contribution < -0.4 is 5.32 Å². The van der Waals surface area contributed by atoms with Crippen molar-refractivity contribution in [2.24, 2.45) is 0 Å². The van der Waals surface area contributed by atoms with Gasteiger partial charge >= 0.3 is 5.76 Å². The predicted molar refractivity (Wildman–Crippen MR) is 76.3 cm³/mol. The molecule has 21 heavy (non-hydrogen) atoms. The van der Waals surface area contributed by atoms with Crippen molar-refractivity contribution in [1.29, 1.82) is 0 Å². The van der Waals surface area contributed by atoms with E-state index in [0.29, 0.717) is 6.04 Å². The fraction of sp³-hybridized carbons (Fsp3) is 0.571. The van der Waals surface area contributed by atoms with Crippen molar-refractivity contribution in [1.82, 2.24) is 4.90 Å². The minimum Gasteiger partial charge on any atom is -0.380 e. The molecule has 1 N–H and O–H groups in total. The lowest BCUT2D eigenvalue weighted by Gasteiger charge is -2.23. The number of alkyl halides is 2. The number of anilines is 1. The van der Waals surface area contributed by atoms with Gasteiger partial charge in [-0.15, -0.1) is 0 Å². The Labute approximate surface area is 123 Å². The van der Waals surface area contributed by atoms with E-state index in [1.165, 1.54) is 12.1 Å². The standard InChI is InChI=1S/C14H18F2N2O2S/c15-14(16)21(19,20)13-6-2-1-4-11(13)17-10-7-9-18-8-3-5-12(10)18/h1-2,4,6,10,12,14,17H,3,5,7-9H2. The number of nitrogens with one attached hydrogen (secondary N) is 1. The van der Waals surface area contributed by atoms with Crippen LogP contribution in [0, 0.1) is 0 Å². The first-order valence-electron chi connectivity index (χ1n) is 7.12. The van der Waals surface area contributed by atoms with Gasteiger partial charge in [0.1, 0.15) is 0 Å². The molecule has 0 radical (unpaired) electrons. The highest BCUT2D eigenvalue weighted by Gasteiger charge is 2.38. The van der Waals surface area contributed by atoms with Crippen LogP contribution in [0.1, 0.15) is 19.3 Å². The van der Waals surface area contributed by atoms with Gasteiger partial charge < -0.3 is 5.32 Å². The van der Waals surface area contributed by atoms with Crippen LogP contribution in [-0.2, 0) is 9.84 Å². The number of nitrogens with zero attached hydrogens (tertiary/aromatic N) is 1. The normalized spacial score (nSPS) is 26.2. The van der Waals surface area contributed by atoms with Crippen LogP contribution in [0.2, 0.25) is 0 Å². The average molecular weight is 316 g/mol. The maximum Gasteiger partial charge on any atom is 0.341 e. The molecule has 7 heteroatoms. The molecule has 0 aliphatic carbocycles. The number of fused-ring (bicyclic) bond motifs is 1. The summed E-state index contributed by atoms with van der Waals surface area (Å²) in [7, 11) is -4.58. The van der Waals surface area contributed by atoms with Gasteiger partial charge in [-0.1, -0.05) is 12.1 Å². The van der Waals surface area contributed by atoms with Crippen molar-refractivity contribution >= 4 is 15.5 Å². The molecular weight excluding hydrogens is 298 g/mol. The van der Waals surface area contributed by atoms with Crippen molar-refractivity contribution in [2.75, 3.05) is 18.4 Å². The van der Waals surface area contributed by atoms with Gasteiger partial charge in [0.05, 0.1) is 10.6 Å². The smallest absolute Gasteiger partial charge is 0.341 e. The lowest BCUT2D eigenvalue weighted by atomic mass is 10.1. The number of benzene rings is 1. The van der Waals surface area contributed by atoms with Gasteiger partial charge in [-0.25, -0.2) is 8.42 Å². The van der Waals surface area contributed by atoms with Crippen molar-refractivity contribution in [3.8, 4) is 0 Å². The third kappa shape index (κ3) is 2.64. The van der Waals surface area contributed by atoms with Gasteiger partial charge in [0.25, 0.3) is 0 Å². The van der Waals surface area contributed by atoms with Gasteiger partial charge in [-0.3, -0.25) is 4.90 Å². The summed E-state index contributed by atoms with van der Waals surface area (Å²) in [5, 5.41) is 3.19. The van der Waals surface area contributed by atoms with Gasteiger partial charge in [0, 0.05) is 18.6 Å². The Morgan fingerprint density at radius 2 is 1.95 bits per heavy atom. The summed E-state index contributed by atoms with van der Waals surface area (Å²) in [6.45, 7) is 2.05. The third-order valence-electron chi connectivity index (χ3n) is 4.38. The molecule has 2 heterocycles. The molecule has 2 fully saturated rings. The predicted octanol–water partition coefficient (Wildman–Crippen LogP) is 2.33. The summed E-state index contributed by atoms with van der Waals surface area (Å²) < 4.78 is 49.1. The molecule has 2 aliphatic rings. The van der Waals surface area contributed by atoms with Crippen molar-refractivity contribution < 1.29 is 17.2 Å². The SMILES string of the molecule is O=S(=O)(c1ccccc1NC1CCN2CCCC12)C(F)F. The first-order chi connectivity index (χ1) is 10.00. The Bertz CT molecular complexity index is 621. The van der Waals surface area contributed by atoms with Crippen molar-refractivity contribution in [2.45, 2.75) is 42.0 Å². The van der Waals surface area contributed by atoms with E-state index in [2.05, 4.69) is 10.2 Å². The number of halogens is 2. The third-order valence-corrected chi connectivity index (χ3v) is 5.81. The van der Waals surface area contributed by atoms with E-state index in [0.717, 1.165) is 32.4 Å². The zero-order chi connectivity index (χ0) is 15.0. The fourth-order valence-corrected chi connectivity index (χ4v) is 4.27. The van der Waals surface area contributed by atoms with Crippen LogP contribution in [0.4, 0.5) is 14.5 Å². The molecule has 0 spiro atoms. The minimum absolute atomic E-state index is 0.126. The molecule has 0 amide bonds. The van der Waals surface area contributed by atoms with E-state index in [1.54, 1.807) is 12.1 Å². The molecule has 1 aromatic carbocycles. The van der Waals surface area contributed by atoms with Gasteiger partial charge in [0.2, 0.25) is 9.84 Å². The maximum absolute atomic E-state index is 12.8. The molecule has 2 unspecified atom stereocenters. The fourth-order valence-electron chi connectivity index (χ4n) is 3.38. The topological polar surface area (TPSA) is 49.4 Å². The molecule has 2 atom stereocenters. The highest BCUT2D eigenvalue weighted by molar-refractivity contribution is 7.91. The monoisotopic (exact) mass is 316 g/mol. The summed E-state index contributed by atoms with van der Waals surface area (Å²) >= 11 is 0.